The zero-order chi connectivity index (χ0) is 18.3. The zero-order valence-electron chi connectivity index (χ0n) is 15.2. The van der Waals surface area contributed by atoms with Gasteiger partial charge in [0.25, 0.3) is 0 Å². The molecule has 2 fully saturated rings. The summed E-state index contributed by atoms with van der Waals surface area (Å²) < 4.78 is 0. The van der Waals surface area contributed by atoms with Crippen LogP contribution in [0.1, 0.15) is 62.6 Å². The van der Waals surface area contributed by atoms with E-state index in [0.29, 0.717) is 0 Å². The minimum Gasteiger partial charge on any atom is -0.347 e. The third-order valence-corrected chi connectivity index (χ3v) is 6.33. The summed E-state index contributed by atoms with van der Waals surface area (Å²) in [6, 6.07) is 7.40. The second-order valence-electron chi connectivity index (χ2n) is 7.87. The van der Waals surface area contributed by atoms with Crippen molar-refractivity contribution in [2.45, 2.75) is 64.0 Å². The molecule has 1 aromatic rings. The molecule has 5 heteroatoms. The molecule has 3 aliphatic rings. The second-order valence-corrected chi connectivity index (χ2v) is 7.87. The quantitative estimate of drug-likeness (QED) is 0.849. The summed E-state index contributed by atoms with van der Waals surface area (Å²) in [5.74, 6) is -0.936. The van der Waals surface area contributed by atoms with Crippen molar-refractivity contribution in [1.29, 1.82) is 0 Å². The summed E-state index contributed by atoms with van der Waals surface area (Å²) in [5.41, 5.74) is 2.43. The van der Waals surface area contributed by atoms with Gasteiger partial charge >= 0.3 is 0 Å². The monoisotopic (exact) mass is 354 g/mol. The molecule has 1 saturated carbocycles. The van der Waals surface area contributed by atoms with Gasteiger partial charge in [-0.25, -0.2) is 0 Å². The highest BCUT2D eigenvalue weighted by molar-refractivity contribution is 6.08. The minimum atomic E-state index is -0.741. The van der Waals surface area contributed by atoms with E-state index in [9.17, 15) is 14.4 Å². The van der Waals surface area contributed by atoms with E-state index in [4.69, 9.17) is 0 Å². The fraction of sp³-hybridized carbons (Fsp3) is 0.571. The maximum absolute atomic E-state index is 12.8. The smallest absolute Gasteiger partial charge is 0.243 e. The molecular formula is C21H26N2O3. The molecule has 4 atom stereocenters. The molecule has 0 spiro atoms. The average Bonchev–Trinajstić information content (AvgIpc) is 2.92. The van der Waals surface area contributed by atoms with Crippen LogP contribution in [0, 0.1) is 11.8 Å². The van der Waals surface area contributed by atoms with Gasteiger partial charge in [-0.1, -0.05) is 37.1 Å². The SMILES string of the molecule is C[C@@H](C(=O)N[C@H]1CCCc2ccccc21)N1C(=O)[C@H]2CCCC[C@@H]2C1=O. The third-order valence-electron chi connectivity index (χ3n) is 6.33. The zero-order valence-corrected chi connectivity index (χ0v) is 15.2. The van der Waals surface area contributed by atoms with E-state index in [1.807, 2.05) is 12.1 Å². The predicted molar refractivity (Wildman–Crippen MR) is 97.0 cm³/mol. The van der Waals surface area contributed by atoms with Crippen molar-refractivity contribution in [2.75, 3.05) is 0 Å². The lowest BCUT2D eigenvalue weighted by atomic mass is 9.81. The summed E-state index contributed by atoms with van der Waals surface area (Å²) in [5, 5.41) is 3.09. The van der Waals surface area contributed by atoms with Gasteiger partial charge in [0.15, 0.2) is 0 Å². The number of likely N-dealkylation sites (tertiary alicyclic amines) is 1. The Labute approximate surface area is 154 Å². The van der Waals surface area contributed by atoms with Gasteiger partial charge in [0, 0.05) is 0 Å². The lowest BCUT2D eigenvalue weighted by Gasteiger charge is -2.29. The number of imide groups is 1. The van der Waals surface area contributed by atoms with Gasteiger partial charge in [0.2, 0.25) is 17.7 Å². The third kappa shape index (κ3) is 2.83. The van der Waals surface area contributed by atoms with Crippen LogP contribution in [0.25, 0.3) is 0 Å². The molecular weight excluding hydrogens is 328 g/mol. The molecule has 0 aromatic heterocycles. The van der Waals surface area contributed by atoms with Gasteiger partial charge in [0.1, 0.15) is 6.04 Å². The van der Waals surface area contributed by atoms with Crippen LogP contribution in [-0.4, -0.2) is 28.7 Å². The summed E-state index contributed by atoms with van der Waals surface area (Å²) >= 11 is 0. The standard InChI is InChI=1S/C21H26N2O3/c1-13(23-20(25)16-10-4-5-11-17(16)21(23)26)19(24)22-18-12-6-8-14-7-2-3-9-15(14)18/h2-3,7,9,13,16-18H,4-6,8,10-12H2,1H3,(H,22,24)/t13-,16-,17-,18-/m0/s1. The summed E-state index contributed by atoms with van der Waals surface area (Å²) in [7, 11) is 0. The van der Waals surface area contributed by atoms with Crippen LogP contribution in [0.3, 0.4) is 0 Å². The van der Waals surface area contributed by atoms with Crippen molar-refractivity contribution < 1.29 is 14.4 Å². The van der Waals surface area contributed by atoms with E-state index in [1.54, 1.807) is 6.92 Å². The van der Waals surface area contributed by atoms with Crippen molar-refractivity contribution in [3.8, 4) is 0 Å². The van der Waals surface area contributed by atoms with Crippen molar-refractivity contribution in [3.63, 3.8) is 0 Å². The number of carbonyl (C=O) groups is 3. The lowest BCUT2D eigenvalue weighted by molar-refractivity contribution is -0.147. The Morgan fingerprint density at radius 2 is 1.69 bits per heavy atom. The maximum atomic E-state index is 12.8. The molecule has 4 rings (SSSR count). The van der Waals surface area contributed by atoms with E-state index < -0.39 is 6.04 Å². The molecule has 5 nitrogen and oxygen atoms in total. The molecule has 0 bridgehead atoms. The Morgan fingerprint density at radius 1 is 1.04 bits per heavy atom. The first-order valence-electron chi connectivity index (χ1n) is 9.83. The highest BCUT2D eigenvalue weighted by Gasteiger charge is 2.50. The van der Waals surface area contributed by atoms with Crippen molar-refractivity contribution in [1.82, 2.24) is 10.2 Å². The average molecular weight is 354 g/mol. The Bertz CT molecular complexity index is 721. The van der Waals surface area contributed by atoms with E-state index in [2.05, 4.69) is 17.4 Å². The van der Waals surface area contributed by atoms with Gasteiger partial charge in [0.05, 0.1) is 17.9 Å². The molecule has 1 heterocycles. The Morgan fingerprint density at radius 3 is 2.38 bits per heavy atom. The number of hydrogen-bond acceptors (Lipinski definition) is 3. The number of nitrogens with one attached hydrogen (secondary N) is 1. The molecule has 26 heavy (non-hydrogen) atoms. The Hall–Kier alpha value is -2.17. The first kappa shape index (κ1) is 17.3. The molecule has 1 saturated heterocycles. The Kier molecular flexibility index (Phi) is 4.55. The minimum absolute atomic E-state index is 0.0371. The van der Waals surface area contributed by atoms with Crippen LogP contribution in [0.5, 0.6) is 0 Å². The molecule has 138 valence electrons. The van der Waals surface area contributed by atoms with Gasteiger partial charge in [-0.2, -0.15) is 0 Å². The first-order chi connectivity index (χ1) is 12.6. The van der Waals surface area contributed by atoms with E-state index in [1.165, 1.54) is 10.5 Å². The van der Waals surface area contributed by atoms with Crippen LogP contribution < -0.4 is 5.32 Å². The number of fused-ring (bicyclic) bond motifs is 2. The topological polar surface area (TPSA) is 66.5 Å². The Balaban J connectivity index is 1.49. The van der Waals surface area contributed by atoms with Gasteiger partial charge in [-0.3, -0.25) is 19.3 Å². The normalized spacial score (nSPS) is 29.1. The van der Waals surface area contributed by atoms with Gasteiger partial charge in [-0.15, -0.1) is 0 Å². The molecule has 1 aromatic carbocycles. The summed E-state index contributed by atoms with van der Waals surface area (Å²) in [6.45, 7) is 1.68. The van der Waals surface area contributed by atoms with Gasteiger partial charge in [-0.05, 0) is 50.2 Å². The molecule has 1 aliphatic heterocycles. The van der Waals surface area contributed by atoms with Crippen molar-refractivity contribution >= 4 is 17.7 Å². The second kappa shape index (κ2) is 6.86. The van der Waals surface area contributed by atoms with Crippen LogP contribution in [-0.2, 0) is 20.8 Å². The highest BCUT2D eigenvalue weighted by atomic mass is 16.2. The van der Waals surface area contributed by atoms with Crippen molar-refractivity contribution in [2.24, 2.45) is 11.8 Å². The number of aryl methyl sites for hydroxylation is 1. The van der Waals surface area contributed by atoms with Crippen LogP contribution in [0.4, 0.5) is 0 Å². The van der Waals surface area contributed by atoms with E-state index >= 15 is 0 Å². The molecule has 1 N–H and O–H groups in total. The van der Waals surface area contributed by atoms with Crippen LogP contribution >= 0.6 is 0 Å². The number of benzene rings is 1. The van der Waals surface area contributed by atoms with E-state index in [0.717, 1.165) is 50.5 Å². The molecule has 0 radical (unpaired) electrons. The predicted octanol–water partition coefficient (Wildman–Crippen LogP) is 2.74. The van der Waals surface area contributed by atoms with Crippen LogP contribution in [0.2, 0.25) is 0 Å². The number of hydrogen-bond donors (Lipinski definition) is 1. The summed E-state index contributed by atoms with van der Waals surface area (Å²) in [6.07, 6.45) is 6.49. The molecule has 2 aliphatic carbocycles. The number of nitrogens with zero attached hydrogens (tertiary/aromatic N) is 1. The largest absolute Gasteiger partial charge is 0.347 e. The van der Waals surface area contributed by atoms with E-state index in [-0.39, 0.29) is 35.6 Å². The fourth-order valence-electron chi connectivity index (χ4n) is 4.88. The van der Waals surface area contributed by atoms with Crippen molar-refractivity contribution in [3.05, 3.63) is 35.4 Å². The highest BCUT2D eigenvalue weighted by Crippen LogP contribution is 2.39. The number of amides is 3. The van der Waals surface area contributed by atoms with Crippen LogP contribution in [0.15, 0.2) is 24.3 Å². The van der Waals surface area contributed by atoms with Gasteiger partial charge < -0.3 is 5.32 Å². The summed E-state index contributed by atoms with van der Waals surface area (Å²) in [4.78, 5) is 39.5. The number of rotatable bonds is 3. The number of carbonyl (C=O) groups excluding carboxylic acids is 3. The maximum Gasteiger partial charge on any atom is 0.243 e. The molecule has 0 unspecified atom stereocenters. The molecule has 3 amide bonds. The lowest BCUT2D eigenvalue weighted by Crippen LogP contribution is -2.49. The fourth-order valence-corrected chi connectivity index (χ4v) is 4.88. The first-order valence-corrected chi connectivity index (χ1v) is 9.83.